The Bertz CT molecular complexity index is 2570. The number of carbonyl (C=O) groups is 5. The number of aliphatic hydroxyl groups excluding tert-OH is 9. The molecule has 4 saturated carbocycles. The number of allylic oxidation sites excluding steroid dienone is 2. The lowest BCUT2D eigenvalue weighted by atomic mass is 9.33. The number of fused-ring (bicyclic) bond motifs is 7. The topological polar surface area (TPSA) is 398 Å². The predicted octanol–water partition coefficient (Wildman–Crippen LogP) is 0.0334. The van der Waals surface area contributed by atoms with Gasteiger partial charge in [-0.2, -0.15) is 0 Å². The van der Waals surface area contributed by atoms with Crippen molar-refractivity contribution in [1.29, 1.82) is 0 Å². The quantitative estimate of drug-likeness (QED) is 0.0448. The molecule has 8 fully saturated rings. The number of hydrogen-bond acceptors (Lipinski definition) is 26. The molecule has 0 radical (unpaired) electrons. The van der Waals surface area contributed by atoms with Crippen LogP contribution in [0.1, 0.15) is 128 Å². The summed E-state index contributed by atoms with van der Waals surface area (Å²) in [7, 11) is 0. The summed E-state index contributed by atoms with van der Waals surface area (Å²) in [6.45, 7) is 17.5. The summed E-state index contributed by atoms with van der Waals surface area (Å²) in [5.41, 5.74) is -2.40. The number of rotatable bonds is 15. The average Bonchev–Trinajstić information content (AvgIpc) is 0.680. The maximum atomic E-state index is 12.6. The highest BCUT2D eigenvalue weighted by molar-refractivity contribution is 5.73. The minimum Gasteiger partial charge on any atom is -0.479 e. The highest BCUT2D eigenvalue weighted by Crippen LogP contribution is 2.76. The molecule has 0 spiro atoms. The van der Waals surface area contributed by atoms with Gasteiger partial charge in [-0.15, -0.1) is 0 Å². The Hall–Kier alpha value is -3.59. The number of esters is 4. The van der Waals surface area contributed by atoms with Gasteiger partial charge in [0, 0.05) is 38.5 Å². The molecule has 0 aromatic heterocycles. The van der Waals surface area contributed by atoms with Gasteiger partial charge in [-0.1, -0.05) is 60.1 Å². The summed E-state index contributed by atoms with van der Waals surface area (Å²) in [5, 5.41) is 111. The Labute approximate surface area is 505 Å². The van der Waals surface area contributed by atoms with Crippen molar-refractivity contribution in [3.05, 3.63) is 11.6 Å². The Kier molecular flexibility index (Phi) is 19.6. The predicted molar refractivity (Wildman–Crippen MR) is 292 cm³/mol. The van der Waals surface area contributed by atoms with Crippen molar-refractivity contribution in [3.8, 4) is 0 Å². The van der Waals surface area contributed by atoms with E-state index in [-0.39, 0.29) is 29.8 Å². The molecule has 87 heavy (non-hydrogen) atoms. The second-order valence-electron chi connectivity index (χ2n) is 27.9. The second kappa shape index (κ2) is 25.1. The molecule has 4 aliphatic heterocycles. The molecule has 27 nitrogen and oxygen atoms in total. The fourth-order valence-corrected chi connectivity index (χ4v) is 17.3. The zero-order valence-corrected chi connectivity index (χ0v) is 51.3. The molecule has 0 bridgehead atoms. The summed E-state index contributed by atoms with van der Waals surface area (Å²) in [4.78, 5) is 61.9. The minimum atomic E-state index is -2.00. The number of carboxylic acid groups (broad SMARTS) is 1. The smallest absolute Gasteiger partial charge is 0.335 e. The lowest BCUT2D eigenvalue weighted by molar-refractivity contribution is -0.367. The molecule has 0 unspecified atom stereocenters. The van der Waals surface area contributed by atoms with Gasteiger partial charge in [0.15, 0.2) is 49.6 Å². The van der Waals surface area contributed by atoms with Crippen LogP contribution in [0.3, 0.4) is 0 Å². The molecule has 494 valence electrons. The van der Waals surface area contributed by atoms with Crippen molar-refractivity contribution in [2.45, 2.75) is 256 Å². The summed E-state index contributed by atoms with van der Waals surface area (Å²) >= 11 is 0. The van der Waals surface area contributed by atoms with Crippen molar-refractivity contribution in [2.75, 3.05) is 26.4 Å². The molecular formula is C60H92O27. The van der Waals surface area contributed by atoms with Crippen LogP contribution in [0.15, 0.2) is 11.6 Å². The number of aliphatic hydroxyl groups is 9. The number of carboxylic acids is 1. The number of ether oxygens (including phenoxy) is 12. The standard InChI is InChI=1S/C60H92O27/c1-25(62)76-23-33-43(79-26(2)63)46(80-27(3)64)47(81-28(4)65)54(82-33)84-42-32(67)22-78-52(41(42)72)87-49-48(73)55(5,6)20-30-29-12-13-35-57(8)16-15-36(58(9,24-61)34(57)14-17-60(35,11)59(29,10)19-18-56(30,49)7)83-53-45(39(70)38(69)44(85-53)50(74)75)86-51-40(71)37(68)31(66)21-77-51/h12,30-49,51-54,61,66-73H,13-24H2,1-11H3,(H,74,75)/t30-,31-,32+,33-,34-,35+,36-,37-,38-,39-,40+,41+,42+,43-,44+,45+,46-,47-,48-,49+,51-,52+,53+,54-,56-,57-,58+,59-,60-/m0/s1. The first-order chi connectivity index (χ1) is 40.6. The van der Waals surface area contributed by atoms with Gasteiger partial charge in [0.25, 0.3) is 0 Å². The third kappa shape index (κ3) is 12.0. The maximum Gasteiger partial charge on any atom is 0.335 e. The van der Waals surface area contributed by atoms with Gasteiger partial charge >= 0.3 is 29.8 Å². The molecule has 0 aromatic rings. The lowest BCUT2D eigenvalue weighted by Gasteiger charge is -2.72. The molecule has 5 aliphatic carbocycles. The van der Waals surface area contributed by atoms with E-state index < -0.39 is 206 Å². The molecule has 9 aliphatic rings. The fourth-order valence-electron chi connectivity index (χ4n) is 17.3. The highest BCUT2D eigenvalue weighted by Gasteiger charge is 2.71. The molecule has 9 rings (SSSR count). The van der Waals surface area contributed by atoms with Gasteiger partial charge in [0.1, 0.15) is 67.6 Å². The Morgan fingerprint density at radius 3 is 1.79 bits per heavy atom. The summed E-state index contributed by atoms with van der Waals surface area (Å²) in [6.07, 6.45) is -25.9. The normalized spacial score (nSPS) is 49.4. The zero-order chi connectivity index (χ0) is 64.0. The number of aliphatic carboxylic acids is 1. The van der Waals surface area contributed by atoms with Gasteiger partial charge in [-0.3, -0.25) is 19.2 Å². The van der Waals surface area contributed by atoms with Crippen LogP contribution in [0, 0.1) is 50.2 Å². The van der Waals surface area contributed by atoms with E-state index >= 15 is 0 Å². The van der Waals surface area contributed by atoms with Crippen LogP contribution in [0.25, 0.3) is 0 Å². The van der Waals surface area contributed by atoms with Crippen molar-refractivity contribution in [1.82, 2.24) is 0 Å². The Balaban J connectivity index is 0.959. The monoisotopic (exact) mass is 1240 g/mol. The average molecular weight is 1250 g/mol. The summed E-state index contributed by atoms with van der Waals surface area (Å²) in [6, 6.07) is 0. The van der Waals surface area contributed by atoms with Gasteiger partial charge < -0.3 is 108 Å². The van der Waals surface area contributed by atoms with Gasteiger partial charge in [0.05, 0.1) is 38.1 Å². The van der Waals surface area contributed by atoms with Gasteiger partial charge in [0.2, 0.25) is 0 Å². The Morgan fingerprint density at radius 2 is 1.17 bits per heavy atom. The molecule has 29 atom stereocenters. The van der Waals surface area contributed by atoms with Crippen LogP contribution in [0.2, 0.25) is 0 Å². The van der Waals surface area contributed by atoms with Crippen molar-refractivity contribution >= 4 is 29.8 Å². The number of hydrogen-bond donors (Lipinski definition) is 10. The Morgan fingerprint density at radius 1 is 0.575 bits per heavy atom. The maximum absolute atomic E-state index is 12.6. The van der Waals surface area contributed by atoms with E-state index in [0.29, 0.717) is 44.9 Å². The van der Waals surface area contributed by atoms with Crippen molar-refractivity contribution < 1.29 is 132 Å². The van der Waals surface area contributed by atoms with Crippen molar-refractivity contribution in [2.24, 2.45) is 50.2 Å². The first kappa shape index (κ1) is 67.8. The first-order valence-electron chi connectivity index (χ1n) is 30.4. The van der Waals surface area contributed by atoms with E-state index in [2.05, 4.69) is 33.8 Å². The molecule has 0 aromatic carbocycles. The van der Waals surface area contributed by atoms with Gasteiger partial charge in [-0.05, 0) is 90.8 Å². The molecule has 10 N–H and O–H groups in total. The van der Waals surface area contributed by atoms with E-state index in [0.717, 1.165) is 34.1 Å². The third-order valence-electron chi connectivity index (χ3n) is 22.2. The van der Waals surface area contributed by atoms with Crippen LogP contribution in [-0.4, -0.2) is 236 Å². The molecule has 27 heteroatoms. The zero-order valence-electron chi connectivity index (χ0n) is 51.3. The summed E-state index contributed by atoms with van der Waals surface area (Å²) < 4.78 is 71.1. The molecular weight excluding hydrogens is 1150 g/mol. The minimum absolute atomic E-state index is 0.0709. The first-order valence-corrected chi connectivity index (χ1v) is 30.4. The lowest BCUT2D eigenvalue weighted by Crippen LogP contribution is -2.69. The number of carbonyl (C=O) groups excluding carboxylic acids is 4. The van der Waals surface area contributed by atoms with E-state index in [1.807, 2.05) is 20.8 Å². The van der Waals surface area contributed by atoms with Crippen LogP contribution < -0.4 is 0 Å². The third-order valence-corrected chi connectivity index (χ3v) is 22.2. The van der Waals surface area contributed by atoms with E-state index in [9.17, 15) is 75.0 Å². The molecule has 0 amide bonds. The van der Waals surface area contributed by atoms with Crippen LogP contribution in [-0.2, 0) is 80.8 Å². The second-order valence-corrected chi connectivity index (χ2v) is 27.9. The fraction of sp³-hybridized carbons (Fsp3) is 0.883. The van der Waals surface area contributed by atoms with E-state index in [4.69, 9.17) is 56.8 Å². The SMILES string of the molecule is CC(=O)OC[C@@H]1O[C@@H](O[C@H]2[C@@H](O)[C@@H](O[C@@H]3[C@H](O)C(C)(C)C[C@H]4C5=CC[C@@H]6[C@@]7(C)CC[C@H](O[C@@H]8O[C@@H](C(=O)O)[C@@H](O)[C@H](O)[C@H]8O[C@@H]8OC[C@H](O)[C@H](O)[C@H]8O)[C@](C)(CO)[C@H]7CC[C@]6(C)[C@@]5(C)CC[C@]34C)OC[C@H]2O)[C@@H](OC(C)=O)[C@@H](OC(C)=O)[C@H]1OC(C)=O. The largest absolute Gasteiger partial charge is 0.479 e. The summed E-state index contributed by atoms with van der Waals surface area (Å²) in [5.74, 6) is -5.18. The van der Waals surface area contributed by atoms with Crippen LogP contribution in [0.5, 0.6) is 0 Å². The van der Waals surface area contributed by atoms with Crippen LogP contribution in [0.4, 0.5) is 0 Å². The van der Waals surface area contributed by atoms with Crippen LogP contribution >= 0.6 is 0 Å². The van der Waals surface area contributed by atoms with E-state index in [1.165, 1.54) is 5.57 Å². The molecule has 4 saturated heterocycles. The van der Waals surface area contributed by atoms with Crippen molar-refractivity contribution in [3.63, 3.8) is 0 Å². The van der Waals surface area contributed by atoms with Gasteiger partial charge in [-0.25, -0.2) is 4.79 Å². The molecule has 4 heterocycles. The van der Waals surface area contributed by atoms with E-state index in [1.54, 1.807) is 0 Å². The highest BCUT2D eigenvalue weighted by atomic mass is 16.8.